The molecule has 0 aliphatic carbocycles. The largest absolute Gasteiger partial charge is 0.330 e. The molecule has 1 atom stereocenters. The summed E-state index contributed by atoms with van der Waals surface area (Å²) in [7, 11) is -3.56. The molecule has 3 amide bonds. The van der Waals surface area contributed by atoms with Crippen LogP contribution >= 0.6 is 0 Å². The van der Waals surface area contributed by atoms with Gasteiger partial charge in [0.15, 0.2) is 0 Å². The lowest BCUT2D eigenvalue weighted by atomic mass is 10.0. The lowest BCUT2D eigenvalue weighted by molar-refractivity contribution is -0.130. The van der Waals surface area contributed by atoms with Gasteiger partial charge in [0.25, 0.3) is 0 Å². The number of rotatable bonds is 6. The first kappa shape index (κ1) is 18.3. The molecule has 2 rings (SSSR count). The Labute approximate surface area is 140 Å². The van der Waals surface area contributed by atoms with E-state index in [0.717, 1.165) is 4.90 Å². The Hall–Kier alpha value is -2.00. The summed E-state index contributed by atoms with van der Waals surface area (Å²) < 4.78 is 38.9. The fourth-order valence-electron chi connectivity index (χ4n) is 2.43. The number of halogens is 1. The number of nitrogens with zero attached hydrogens (tertiary/aromatic N) is 1. The van der Waals surface area contributed by atoms with Crippen molar-refractivity contribution in [3.8, 4) is 0 Å². The average molecular weight is 357 g/mol. The molecule has 2 N–H and O–H groups in total. The number of amides is 3. The lowest BCUT2D eigenvalue weighted by Gasteiger charge is -2.31. The van der Waals surface area contributed by atoms with Crippen molar-refractivity contribution < 1.29 is 22.4 Å². The second-order valence-electron chi connectivity index (χ2n) is 5.89. The van der Waals surface area contributed by atoms with E-state index in [1.54, 1.807) is 13.8 Å². The van der Waals surface area contributed by atoms with Gasteiger partial charge in [-0.3, -0.25) is 9.69 Å². The van der Waals surface area contributed by atoms with Gasteiger partial charge in [0.2, 0.25) is 15.9 Å². The molecule has 1 aliphatic rings. The predicted octanol–water partition coefficient (Wildman–Crippen LogP) is 1.14. The number of hydrogen-bond donors (Lipinski definition) is 2. The number of imide groups is 1. The molecular weight excluding hydrogens is 337 g/mol. The van der Waals surface area contributed by atoms with Gasteiger partial charge in [0.1, 0.15) is 5.82 Å². The summed E-state index contributed by atoms with van der Waals surface area (Å²) in [5, 5.41) is 2.64. The van der Waals surface area contributed by atoms with Crippen molar-refractivity contribution in [1.29, 1.82) is 0 Å². The van der Waals surface area contributed by atoms with Crippen LogP contribution in [0.2, 0.25) is 0 Å². The number of nitrogens with one attached hydrogen (secondary N) is 2. The molecule has 7 nitrogen and oxygen atoms in total. The van der Waals surface area contributed by atoms with Gasteiger partial charge in [0, 0.05) is 12.6 Å². The average Bonchev–Trinajstić information content (AvgIpc) is 2.45. The van der Waals surface area contributed by atoms with Gasteiger partial charge in [-0.2, -0.15) is 0 Å². The van der Waals surface area contributed by atoms with Gasteiger partial charge in [-0.1, -0.05) is 12.1 Å². The SMILES string of the molecule is CC(C)NS(=O)(=O)CCN1C(=O)CC(c2ccc(F)cc2)NC1=O. The Balaban J connectivity index is 2.00. The van der Waals surface area contributed by atoms with Crippen molar-refractivity contribution in [2.45, 2.75) is 32.4 Å². The smallest absolute Gasteiger partial charge is 0.324 e. The van der Waals surface area contributed by atoms with Crippen molar-refractivity contribution in [1.82, 2.24) is 14.9 Å². The van der Waals surface area contributed by atoms with E-state index in [1.165, 1.54) is 24.3 Å². The van der Waals surface area contributed by atoms with E-state index in [0.29, 0.717) is 5.56 Å². The molecule has 1 aliphatic heterocycles. The van der Waals surface area contributed by atoms with Crippen LogP contribution in [0.15, 0.2) is 24.3 Å². The van der Waals surface area contributed by atoms with Crippen LogP contribution in [0.5, 0.6) is 0 Å². The highest BCUT2D eigenvalue weighted by atomic mass is 32.2. The second kappa shape index (κ2) is 7.27. The van der Waals surface area contributed by atoms with Gasteiger partial charge in [-0.15, -0.1) is 0 Å². The Morgan fingerprint density at radius 2 is 1.92 bits per heavy atom. The van der Waals surface area contributed by atoms with Gasteiger partial charge >= 0.3 is 6.03 Å². The first-order chi connectivity index (χ1) is 11.2. The second-order valence-corrected chi connectivity index (χ2v) is 7.77. The van der Waals surface area contributed by atoms with Crippen LogP contribution in [-0.2, 0) is 14.8 Å². The van der Waals surface area contributed by atoms with Gasteiger partial charge in [0.05, 0.1) is 18.2 Å². The number of hydrogen-bond acceptors (Lipinski definition) is 4. The summed E-state index contributed by atoms with van der Waals surface area (Å²) in [5.41, 5.74) is 0.617. The molecule has 0 spiro atoms. The molecule has 1 fully saturated rings. The molecule has 1 aromatic carbocycles. The van der Waals surface area contributed by atoms with Crippen LogP contribution in [0.3, 0.4) is 0 Å². The van der Waals surface area contributed by atoms with Crippen molar-refractivity contribution in [3.63, 3.8) is 0 Å². The highest BCUT2D eigenvalue weighted by Crippen LogP contribution is 2.22. The molecule has 1 unspecified atom stereocenters. The Morgan fingerprint density at radius 1 is 1.29 bits per heavy atom. The lowest BCUT2D eigenvalue weighted by Crippen LogP contribution is -2.53. The van der Waals surface area contributed by atoms with Crippen molar-refractivity contribution in [2.24, 2.45) is 0 Å². The maximum atomic E-state index is 12.9. The highest BCUT2D eigenvalue weighted by Gasteiger charge is 2.33. The van der Waals surface area contributed by atoms with Crippen LogP contribution in [0.1, 0.15) is 31.9 Å². The van der Waals surface area contributed by atoms with Crippen molar-refractivity contribution in [3.05, 3.63) is 35.6 Å². The van der Waals surface area contributed by atoms with Crippen LogP contribution in [-0.4, -0.2) is 43.6 Å². The van der Waals surface area contributed by atoms with Crippen molar-refractivity contribution in [2.75, 3.05) is 12.3 Å². The number of sulfonamides is 1. The minimum Gasteiger partial charge on any atom is -0.330 e. The van der Waals surface area contributed by atoms with Gasteiger partial charge in [-0.05, 0) is 31.5 Å². The molecule has 9 heteroatoms. The maximum absolute atomic E-state index is 12.9. The third-order valence-electron chi connectivity index (χ3n) is 3.49. The van der Waals surface area contributed by atoms with Crippen LogP contribution in [0, 0.1) is 5.82 Å². The first-order valence-electron chi connectivity index (χ1n) is 7.54. The fourth-order valence-corrected chi connectivity index (χ4v) is 3.69. The quantitative estimate of drug-likeness (QED) is 0.798. The van der Waals surface area contributed by atoms with E-state index in [4.69, 9.17) is 0 Å². The monoisotopic (exact) mass is 357 g/mol. The predicted molar refractivity (Wildman–Crippen MR) is 86.1 cm³/mol. The van der Waals surface area contributed by atoms with E-state index in [9.17, 15) is 22.4 Å². The zero-order valence-corrected chi connectivity index (χ0v) is 14.3. The molecular formula is C15H20FN3O4S. The minimum absolute atomic E-state index is 0.00493. The fraction of sp³-hybridized carbons (Fsp3) is 0.467. The summed E-state index contributed by atoms with van der Waals surface area (Å²) in [6.45, 7) is 3.15. The Kier molecular flexibility index (Phi) is 5.55. The number of carbonyl (C=O) groups is 2. The summed E-state index contributed by atoms with van der Waals surface area (Å²) >= 11 is 0. The third-order valence-corrected chi connectivity index (χ3v) is 5.04. The normalized spacial score (nSPS) is 18.8. The van der Waals surface area contributed by atoms with Gasteiger partial charge < -0.3 is 5.32 Å². The molecule has 1 heterocycles. The number of carbonyl (C=O) groups excluding carboxylic acids is 2. The first-order valence-corrected chi connectivity index (χ1v) is 9.19. The summed E-state index contributed by atoms with van der Waals surface area (Å²) in [4.78, 5) is 25.2. The van der Waals surface area contributed by atoms with Crippen molar-refractivity contribution >= 4 is 22.0 Å². The molecule has 0 radical (unpaired) electrons. The van der Waals surface area contributed by atoms with Crippen LogP contribution < -0.4 is 10.0 Å². The summed E-state index contributed by atoms with van der Waals surface area (Å²) in [6, 6.07) is 4.04. The minimum atomic E-state index is -3.56. The summed E-state index contributed by atoms with van der Waals surface area (Å²) in [6.07, 6.45) is -0.00493. The molecule has 0 saturated carbocycles. The molecule has 0 aromatic heterocycles. The molecule has 132 valence electrons. The molecule has 1 saturated heterocycles. The summed E-state index contributed by atoms with van der Waals surface area (Å²) in [5.74, 6) is -1.23. The van der Waals surface area contributed by atoms with Crippen LogP contribution in [0.25, 0.3) is 0 Å². The Bertz CT molecular complexity index is 701. The topological polar surface area (TPSA) is 95.6 Å². The van der Waals surface area contributed by atoms with Crippen LogP contribution in [0.4, 0.5) is 9.18 Å². The maximum Gasteiger partial charge on any atom is 0.324 e. The molecule has 0 bridgehead atoms. The van der Waals surface area contributed by atoms with E-state index < -0.39 is 33.8 Å². The van der Waals surface area contributed by atoms with E-state index in [1.807, 2.05) is 0 Å². The van der Waals surface area contributed by atoms with E-state index in [-0.39, 0.29) is 24.8 Å². The Morgan fingerprint density at radius 3 is 2.46 bits per heavy atom. The zero-order valence-electron chi connectivity index (χ0n) is 13.5. The molecule has 1 aromatic rings. The van der Waals surface area contributed by atoms with Gasteiger partial charge in [-0.25, -0.2) is 22.3 Å². The zero-order chi connectivity index (χ0) is 17.9. The molecule has 24 heavy (non-hydrogen) atoms. The standard InChI is InChI=1S/C15H20FN3O4S/c1-10(2)18-24(22,23)8-7-19-14(20)9-13(17-15(19)21)11-3-5-12(16)6-4-11/h3-6,10,13,18H,7-9H2,1-2H3,(H,17,21). The number of benzene rings is 1. The highest BCUT2D eigenvalue weighted by molar-refractivity contribution is 7.89. The third kappa shape index (κ3) is 4.75. The van der Waals surface area contributed by atoms with E-state index in [2.05, 4.69) is 10.0 Å². The number of urea groups is 1. The van der Waals surface area contributed by atoms with E-state index >= 15 is 0 Å².